The molecule has 5 aromatic rings. The minimum Gasteiger partial charge on any atom is -0.383 e. The van der Waals surface area contributed by atoms with Gasteiger partial charge in [0.15, 0.2) is 0 Å². The summed E-state index contributed by atoms with van der Waals surface area (Å²) in [5, 5.41) is 15.4. The highest BCUT2D eigenvalue weighted by atomic mass is 32.1. The van der Waals surface area contributed by atoms with Crippen molar-refractivity contribution in [2.45, 2.75) is 6.42 Å². The van der Waals surface area contributed by atoms with Gasteiger partial charge in [-0.1, -0.05) is 42.5 Å². The van der Waals surface area contributed by atoms with Crippen molar-refractivity contribution >= 4 is 38.1 Å². The van der Waals surface area contributed by atoms with Gasteiger partial charge in [0.1, 0.15) is 10.9 Å². The summed E-state index contributed by atoms with van der Waals surface area (Å²) in [6, 6.07) is 23.1. The van der Waals surface area contributed by atoms with Crippen molar-refractivity contribution in [3.63, 3.8) is 0 Å². The molecule has 2 N–H and O–H groups in total. The van der Waals surface area contributed by atoms with E-state index in [0.717, 1.165) is 39.3 Å². The van der Waals surface area contributed by atoms with Gasteiger partial charge in [-0.05, 0) is 35.7 Å². The van der Waals surface area contributed by atoms with E-state index in [1.165, 1.54) is 16.5 Å². The lowest BCUT2D eigenvalue weighted by Gasteiger charge is -2.10. The Bertz CT molecular complexity index is 1340. The number of aromatic nitrogens is 2. The molecule has 5 rings (SSSR count). The van der Waals surface area contributed by atoms with Crippen LogP contribution in [0.25, 0.3) is 31.6 Å². The maximum Gasteiger partial charge on any atom is 0.125 e. The second-order valence-electron chi connectivity index (χ2n) is 6.89. The Morgan fingerprint density at radius 2 is 1.93 bits per heavy atom. The van der Waals surface area contributed by atoms with Gasteiger partial charge in [-0.25, -0.2) is 4.98 Å². The van der Waals surface area contributed by atoms with Gasteiger partial charge in [-0.15, -0.1) is 11.3 Å². The highest BCUT2D eigenvalue weighted by Gasteiger charge is 2.13. The molecule has 0 spiro atoms. The Labute approximate surface area is 172 Å². The zero-order valence-corrected chi connectivity index (χ0v) is 16.5. The highest BCUT2D eigenvalue weighted by Crippen LogP contribution is 2.37. The number of H-pyrrole nitrogens is 1. The number of rotatable bonds is 5. The molecule has 0 bridgehead atoms. The van der Waals surface area contributed by atoms with Crippen LogP contribution in [0.3, 0.4) is 0 Å². The summed E-state index contributed by atoms with van der Waals surface area (Å²) in [6.45, 7) is 0.745. The molecule has 0 aliphatic heterocycles. The van der Waals surface area contributed by atoms with E-state index < -0.39 is 0 Å². The number of benzene rings is 2. The zero-order valence-electron chi connectivity index (χ0n) is 15.6. The van der Waals surface area contributed by atoms with Gasteiger partial charge in [0.2, 0.25) is 0 Å². The van der Waals surface area contributed by atoms with E-state index in [2.05, 4.69) is 63.8 Å². The van der Waals surface area contributed by atoms with Crippen molar-refractivity contribution in [2.24, 2.45) is 0 Å². The lowest BCUT2D eigenvalue weighted by molar-refractivity contribution is 1.03. The van der Waals surface area contributed by atoms with Crippen LogP contribution in [0.5, 0.6) is 0 Å². The first kappa shape index (κ1) is 17.5. The summed E-state index contributed by atoms with van der Waals surface area (Å²) in [4.78, 5) is 9.87. The van der Waals surface area contributed by atoms with Gasteiger partial charge < -0.3 is 10.3 Å². The molecule has 0 radical (unpaired) electrons. The molecule has 0 atom stereocenters. The van der Waals surface area contributed by atoms with Crippen molar-refractivity contribution in [3.8, 4) is 16.5 Å². The van der Waals surface area contributed by atoms with Crippen LogP contribution in [0.2, 0.25) is 0 Å². The van der Waals surface area contributed by atoms with E-state index in [1.54, 1.807) is 17.5 Å². The second-order valence-corrected chi connectivity index (χ2v) is 7.92. The van der Waals surface area contributed by atoms with Crippen molar-refractivity contribution in [1.82, 2.24) is 9.97 Å². The number of hydrogen-bond acceptors (Lipinski definition) is 4. The number of anilines is 1. The molecule has 0 saturated heterocycles. The molecule has 29 heavy (non-hydrogen) atoms. The fraction of sp³-hybridized carbons (Fsp3) is 0.0833. The summed E-state index contributed by atoms with van der Waals surface area (Å²) >= 11 is 1.65. The molecule has 0 aliphatic rings. The number of aromatic amines is 1. The number of hydrogen-bond donors (Lipinski definition) is 2. The molecule has 3 heterocycles. The number of thiophene rings is 1. The molecule has 140 valence electrons. The number of nitrogens with zero attached hydrogens (tertiary/aromatic N) is 2. The molecule has 0 fully saturated rings. The Morgan fingerprint density at radius 1 is 1.03 bits per heavy atom. The Hall–Kier alpha value is -3.62. The Morgan fingerprint density at radius 3 is 2.79 bits per heavy atom. The average Bonchev–Trinajstić information content (AvgIpc) is 3.42. The fourth-order valence-electron chi connectivity index (χ4n) is 3.70. The normalized spacial score (nSPS) is 11.0. The molecular weight excluding hydrogens is 376 g/mol. The summed E-state index contributed by atoms with van der Waals surface area (Å²) in [6.07, 6.45) is 4.51. The van der Waals surface area contributed by atoms with Crippen LogP contribution < -0.4 is 5.32 Å². The first-order valence-electron chi connectivity index (χ1n) is 9.50. The second kappa shape index (κ2) is 7.42. The molecular formula is C24H18N4S. The van der Waals surface area contributed by atoms with Gasteiger partial charge in [-0.2, -0.15) is 5.26 Å². The van der Waals surface area contributed by atoms with E-state index in [9.17, 15) is 5.26 Å². The smallest absolute Gasteiger partial charge is 0.125 e. The third-order valence-electron chi connectivity index (χ3n) is 5.12. The summed E-state index contributed by atoms with van der Waals surface area (Å²) < 4.78 is 0. The largest absolute Gasteiger partial charge is 0.383 e. The van der Waals surface area contributed by atoms with Gasteiger partial charge in [0.25, 0.3) is 0 Å². The number of fused-ring (bicyclic) bond motifs is 2. The van der Waals surface area contributed by atoms with Gasteiger partial charge in [0.05, 0.1) is 11.3 Å². The molecule has 3 aromatic heterocycles. The lowest BCUT2D eigenvalue weighted by Crippen LogP contribution is -2.07. The average molecular weight is 395 g/mol. The quantitative estimate of drug-likeness (QED) is 0.386. The number of pyridine rings is 1. The first-order valence-corrected chi connectivity index (χ1v) is 10.3. The fourth-order valence-corrected chi connectivity index (χ4v) is 4.72. The van der Waals surface area contributed by atoms with Crippen LogP contribution in [0.4, 0.5) is 5.69 Å². The minimum atomic E-state index is 0.578. The summed E-state index contributed by atoms with van der Waals surface area (Å²) in [7, 11) is 0. The maximum absolute atomic E-state index is 9.60. The highest BCUT2D eigenvalue weighted by molar-refractivity contribution is 7.21. The van der Waals surface area contributed by atoms with Crippen LogP contribution in [-0.4, -0.2) is 16.5 Å². The molecule has 2 aromatic carbocycles. The topological polar surface area (TPSA) is 64.5 Å². The SMILES string of the molecule is N#Cc1cnc2sc(-c3ccccc3)cc2c1NCCc1cccc2[nH]ccc12. The first-order chi connectivity index (χ1) is 14.3. The lowest BCUT2D eigenvalue weighted by atomic mass is 10.1. The third-order valence-corrected chi connectivity index (χ3v) is 6.21. The third kappa shape index (κ3) is 3.24. The van der Waals surface area contributed by atoms with Gasteiger partial charge in [0, 0.05) is 40.1 Å². The molecule has 0 saturated carbocycles. The van der Waals surface area contributed by atoms with E-state index in [0.29, 0.717) is 5.56 Å². The molecule has 0 aliphatic carbocycles. The van der Waals surface area contributed by atoms with Gasteiger partial charge in [-0.3, -0.25) is 0 Å². The van der Waals surface area contributed by atoms with Crippen LogP contribution in [0.15, 0.2) is 73.1 Å². The number of nitriles is 1. The van der Waals surface area contributed by atoms with E-state index >= 15 is 0 Å². The Balaban J connectivity index is 1.46. The van der Waals surface area contributed by atoms with Crippen LogP contribution in [0.1, 0.15) is 11.1 Å². The monoisotopic (exact) mass is 394 g/mol. The van der Waals surface area contributed by atoms with Crippen LogP contribution >= 0.6 is 11.3 Å². The standard InChI is InChI=1S/C24H18N4S/c25-14-18-15-28-24-20(13-22(29-24)17-5-2-1-3-6-17)23(18)27-11-9-16-7-4-8-21-19(16)10-12-26-21/h1-8,10,12-13,15,26H,9,11H2,(H,27,28). The molecule has 4 nitrogen and oxygen atoms in total. The predicted molar refractivity (Wildman–Crippen MR) is 120 cm³/mol. The van der Waals surface area contributed by atoms with Crippen molar-refractivity contribution < 1.29 is 0 Å². The van der Waals surface area contributed by atoms with Crippen LogP contribution in [0, 0.1) is 11.3 Å². The molecule has 0 amide bonds. The molecule has 5 heteroatoms. The summed E-state index contributed by atoms with van der Waals surface area (Å²) in [5.41, 5.74) is 5.05. The van der Waals surface area contributed by atoms with E-state index in [4.69, 9.17) is 0 Å². The summed E-state index contributed by atoms with van der Waals surface area (Å²) in [5.74, 6) is 0. The van der Waals surface area contributed by atoms with E-state index in [-0.39, 0.29) is 0 Å². The van der Waals surface area contributed by atoms with Gasteiger partial charge >= 0.3 is 0 Å². The van der Waals surface area contributed by atoms with Crippen molar-refractivity contribution in [1.29, 1.82) is 5.26 Å². The zero-order chi connectivity index (χ0) is 19.6. The Kier molecular flexibility index (Phi) is 4.47. The van der Waals surface area contributed by atoms with Crippen molar-refractivity contribution in [2.75, 3.05) is 11.9 Å². The molecule has 0 unspecified atom stereocenters. The predicted octanol–water partition coefficient (Wildman–Crippen LogP) is 5.97. The maximum atomic E-state index is 9.60. The van der Waals surface area contributed by atoms with E-state index in [1.807, 2.05) is 24.4 Å². The number of nitrogens with one attached hydrogen (secondary N) is 2. The van der Waals surface area contributed by atoms with Crippen molar-refractivity contribution in [3.05, 3.63) is 84.2 Å². The minimum absolute atomic E-state index is 0.578. The van der Waals surface area contributed by atoms with Crippen LogP contribution in [-0.2, 0) is 6.42 Å².